The lowest BCUT2D eigenvalue weighted by atomic mass is 10.1. The highest BCUT2D eigenvalue weighted by Crippen LogP contribution is 2.13. The number of nitrogens with one attached hydrogen (secondary N) is 1. The fourth-order valence-corrected chi connectivity index (χ4v) is 1.85. The van der Waals surface area contributed by atoms with Gasteiger partial charge >= 0.3 is 0 Å². The van der Waals surface area contributed by atoms with Crippen LogP contribution in [0.1, 0.15) is 18.1 Å². The lowest BCUT2D eigenvalue weighted by Crippen LogP contribution is -2.25. The number of aryl methyl sites for hydroxylation is 1. The third-order valence-electron chi connectivity index (χ3n) is 3.24. The summed E-state index contributed by atoms with van der Waals surface area (Å²) in [5.74, 6) is 0.212. The number of amides is 1. The van der Waals surface area contributed by atoms with Gasteiger partial charge in [0.15, 0.2) is 6.61 Å². The average Bonchev–Trinajstić information content (AvgIpc) is 2.59. The van der Waals surface area contributed by atoms with Crippen LogP contribution in [0.2, 0.25) is 0 Å². The largest absolute Gasteiger partial charge is 0.484 e. The van der Waals surface area contributed by atoms with Crippen LogP contribution in [0.3, 0.4) is 0 Å². The summed E-state index contributed by atoms with van der Waals surface area (Å²) in [4.78, 5) is 21.9. The molecule has 7 heteroatoms. The van der Waals surface area contributed by atoms with Gasteiger partial charge in [0.1, 0.15) is 5.75 Å². The highest BCUT2D eigenvalue weighted by molar-refractivity contribution is 5.99. The zero-order valence-corrected chi connectivity index (χ0v) is 13.4. The number of benzene rings is 2. The molecule has 0 bridgehead atoms. The summed E-state index contributed by atoms with van der Waals surface area (Å²) in [5.41, 5.74) is 4.72. The van der Waals surface area contributed by atoms with Crippen molar-refractivity contribution in [2.24, 2.45) is 5.10 Å². The minimum atomic E-state index is -0.472. The molecule has 0 atom stereocenters. The molecular formula is C17H17N3O4. The van der Waals surface area contributed by atoms with Gasteiger partial charge in [-0.25, -0.2) is 5.43 Å². The zero-order valence-electron chi connectivity index (χ0n) is 13.4. The summed E-state index contributed by atoms with van der Waals surface area (Å²) in [7, 11) is 0. The molecule has 0 radical (unpaired) electrons. The van der Waals surface area contributed by atoms with Crippen molar-refractivity contribution >= 4 is 17.3 Å². The van der Waals surface area contributed by atoms with Gasteiger partial charge in [0.2, 0.25) is 0 Å². The second-order valence-corrected chi connectivity index (χ2v) is 5.14. The predicted molar refractivity (Wildman–Crippen MR) is 90.1 cm³/mol. The number of nitrogens with zero attached hydrogens (tertiary/aromatic N) is 2. The van der Waals surface area contributed by atoms with Crippen molar-refractivity contribution in [3.63, 3.8) is 0 Å². The number of carbonyl (C=O) groups excluding carboxylic acids is 1. The molecule has 0 unspecified atom stereocenters. The third kappa shape index (κ3) is 4.91. The summed E-state index contributed by atoms with van der Waals surface area (Å²) in [6.07, 6.45) is 0. The molecule has 0 aliphatic carbocycles. The maximum atomic E-state index is 11.7. The van der Waals surface area contributed by atoms with Crippen LogP contribution in [0.25, 0.3) is 0 Å². The van der Waals surface area contributed by atoms with Crippen LogP contribution >= 0.6 is 0 Å². The molecule has 0 aromatic heterocycles. The number of nitro groups is 1. The Hall–Kier alpha value is -3.22. The molecule has 0 saturated carbocycles. The minimum absolute atomic E-state index is 0.00193. The van der Waals surface area contributed by atoms with Crippen molar-refractivity contribution in [3.05, 3.63) is 69.8 Å². The van der Waals surface area contributed by atoms with Gasteiger partial charge in [0, 0.05) is 12.1 Å². The fraction of sp³-hybridized carbons (Fsp3) is 0.176. The first-order valence-electron chi connectivity index (χ1n) is 7.23. The molecule has 124 valence electrons. The van der Waals surface area contributed by atoms with Gasteiger partial charge in [0.25, 0.3) is 11.6 Å². The second-order valence-electron chi connectivity index (χ2n) is 5.14. The van der Waals surface area contributed by atoms with E-state index in [0.717, 1.165) is 5.56 Å². The molecule has 0 saturated heterocycles. The van der Waals surface area contributed by atoms with E-state index < -0.39 is 10.8 Å². The normalized spacial score (nSPS) is 11.0. The maximum Gasteiger partial charge on any atom is 0.277 e. The van der Waals surface area contributed by atoms with Crippen LogP contribution in [0.4, 0.5) is 5.69 Å². The molecule has 0 aliphatic rings. The standard InChI is InChI=1S/C17H17N3O4/c1-12-3-9-16(10-4-12)24-11-17(21)19-18-13(2)14-5-7-15(8-6-14)20(22)23/h3-10H,11H2,1-2H3,(H,19,21)/b18-13-. The monoisotopic (exact) mass is 327 g/mol. The van der Waals surface area contributed by atoms with Crippen LogP contribution in [-0.4, -0.2) is 23.1 Å². The Labute approximate surface area is 139 Å². The highest BCUT2D eigenvalue weighted by atomic mass is 16.6. The average molecular weight is 327 g/mol. The van der Waals surface area contributed by atoms with Gasteiger partial charge in [0.05, 0.1) is 10.6 Å². The van der Waals surface area contributed by atoms with E-state index in [1.165, 1.54) is 12.1 Å². The van der Waals surface area contributed by atoms with Gasteiger partial charge in [-0.1, -0.05) is 17.7 Å². The first-order valence-corrected chi connectivity index (χ1v) is 7.23. The van der Waals surface area contributed by atoms with E-state index in [2.05, 4.69) is 10.5 Å². The number of non-ortho nitro benzene ring substituents is 1. The predicted octanol–water partition coefficient (Wildman–Crippen LogP) is 2.82. The molecule has 24 heavy (non-hydrogen) atoms. The Morgan fingerprint density at radius 3 is 2.38 bits per heavy atom. The lowest BCUT2D eigenvalue weighted by Gasteiger charge is -2.06. The molecule has 0 aliphatic heterocycles. The van der Waals surface area contributed by atoms with Crippen molar-refractivity contribution in [2.75, 3.05) is 6.61 Å². The molecule has 0 heterocycles. The van der Waals surface area contributed by atoms with E-state index in [1.54, 1.807) is 31.2 Å². The van der Waals surface area contributed by atoms with Crippen LogP contribution in [0, 0.1) is 17.0 Å². The summed E-state index contributed by atoms with van der Waals surface area (Å²) in [6, 6.07) is 13.3. The van der Waals surface area contributed by atoms with Gasteiger partial charge in [-0.15, -0.1) is 0 Å². The van der Waals surface area contributed by atoms with Crippen molar-refractivity contribution in [2.45, 2.75) is 13.8 Å². The fourth-order valence-electron chi connectivity index (χ4n) is 1.85. The van der Waals surface area contributed by atoms with Crippen LogP contribution < -0.4 is 10.2 Å². The number of carbonyl (C=O) groups is 1. The number of nitro benzene ring substituents is 1. The van der Waals surface area contributed by atoms with Gasteiger partial charge in [-0.3, -0.25) is 14.9 Å². The third-order valence-corrected chi connectivity index (χ3v) is 3.24. The molecule has 2 aromatic carbocycles. The molecule has 0 spiro atoms. The van der Waals surface area contributed by atoms with E-state index in [9.17, 15) is 14.9 Å². The van der Waals surface area contributed by atoms with Crippen LogP contribution in [0.5, 0.6) is 5.75 Å². The van der Waals surface area contributed by atoms with Crippen molar-refractivity contribution in [1.82, 2.24) is 5.43 Å². The van der Waals surface area contributed by atoms with Crippen LogP contribution in [-0.2, 0) is 4.79 Å². The van der Waals surface area contributed by atoms with E-state index in [0.29, 0.717) is 17.0 Å². The number of hydrazone groups is 1. The molecule has 7 nitrogen and oxygen atoms in total. The van der Waals surface area contributed by atoms with E-state index in [1.807, 2.05) is 19.1 Å². The Kier molecular flexibility index (Phi) is 5.62. The zero-order chi connectivity index (χ0) is 17.5. The first-order chi connectivity index (χ1) is 11.5. The number of hydrogen-bond acceptors (Lipinski definition) is 5. The summed E-state index contributed by atoms with van der Waals surface area (Å²) in [6.45, 7) is 3.51. The second kappa shape index (κ2) is 7.87. The van der Waals surface area contributed by atoms with Crippen LogP contribution in [0.15, 0.2) is 53.6 Å². The lowest BCUT2D eigenvalue weighted by molar-refractivity contribution is -0.384. The first kappa shape index (κ1) is 17.1. The summed E-state index contributed by atoms with van der Waals surface area (Å²) in [5, 5.41) is 14.6. The highest BCUT2D eigenvalue weighted by Gasteiger charge is 2.06. The molecule has 2 rings (SSSR count). The SMILES string of the molecule is C/C(=N/NC(=O)COc1ccc(C)cc1)c1ccc([N+](=O)[O-])cc1. The maximum absolute atomic E-state index is 11.7. The Morgan fingerprint density at radius 2 is 1.79 bits per heavy atom. The summed E-state index contributed by atoms with van der Waals surface area (Å²) >= 11 is 0. The molecular weight excluding hydrogens is 310 g/mol. The van der Waals surface area contributed by atoms with Crippen molar-refractivity contribution in [3.8, 4) is 5.75 Å². The Morgan fingerprint density at radius 1 is 1.17 bits per heavy atom. The molecule has 2 aromatic rings. The number of hydrogen-bond donors (Lipinski definition) is 1. The molecule has 1 N–H and O–H groups in total. The van der Waals surface area contributed by atoms with Gasteiger partial charge in [-0.2, -0.15) is 5.10 Å². The number of rotatable bonds is 6. The Balaban J connectivity index is 1.87. The van der Waals surface area contributed by atoms with Gasteiger partial charge < -0.3 is 4.74 Å². The molecule has 1 amide bonds. The van der Waals surface area contributed by atoms with E-state index >= 15 is 0 Å². The minimum Gasteiger partial charge on any atom is -0.484 e. The topological polar surface area (TPSA) is 93.8 Å². The van der Waals surface area contributed by atoms with Crippen molar-refractivity contribution < 1.29 is 14.5 Å². The van der Waals surface area contributed by atoms with E-state index in [4.69, 9.17) is 4.74 Å². The number of ether oxygens (including phenoxy) is 1. The summed E-state index contributed by atoms with van der Waals surface area (Å²) < 4.78 is 5.35. The molecule has 0 fully saturated rings. The Bertz CT molecular complexity index is 752. The van der Waals surface area contributed by atoms with Gasteiger partial charge in [-0.05, 0) is 43.7 Å². The quantitative estimate of drug-likeness (QED) is 0.501. The smallest absolute Gasteiger partial charge is 0.277 e. The van der Waals surface area contributed by atoms with Crippen molar-refractivity contribution in [1.29, 1.82) is 0 Å². The van der Waals surface area contributed by atoms with E-state index in [-0.39, 0.29) is 12.3 Å².